The maximum atomic E-state index is 11.8. The van der Waals surface area contributed by atoms with Gasteiger partial charge in [0, 0.05) is 27.7 Å². The van der Waals surface area contributed by atoms with E-state index in [1.807, 2.05) is 0 Å². The van der Waals surface area contributed by atoms with Gasteiger partial charge < -0.3 is 28.4 Å². The zero-order chi connectivity index (χ0) is 23.1. The fourth-order valence-electron chi connectivity index (χ4n) is 2.95. The van der Waals surface area contributed by atoms with E-state index in [9.17, 15) is 19.2 Å². The molecule has 1 fully saturated rings. The van der Waals surface area contributed by atoms with Gasteiger partial charge in [0.15, 0.2) is 12.2 Å². The maximum Gasteiger partial charge on any atom is 0.303 e. The van der Waals surface area contributed by atoms with Gasteiger partial charge in [-0.15, -0.1) is 0 Å². The number of halogens is 1. The summed E-state index contributed by atoms with van der Waals surface area (Å²) in [6, 6.07) is 6.47. The highest BCUT2D eigenvalue weighted by atomic mass is 35.5. The molecule has 0 amide bonds. The molecule has 0 bridgehead atoms. The van der Waals surface area contributed by atoms with Crippen molar-refractivity contribution in [2.75, 3.05) is 6.61 Å². The zero-order valence-electron chi connectivity index (χ0n) is 17.4. The third-order valence-electron chi connectivity index (χ3n) is 4.03. The van der Waals surface area contributed by atoms with E-state index in [4.69, 9.17) is 40.0 Å². The third-order valence-corrected chi connectivity index (χ3v) is 4.34. The van der Waals surface area contributed by atoms with Crippen LogP contribution in [0, 0.1) is 0 Å². The van der Waals surface area contributed by atoms with E-state index in [0.717, 1.165) is 20.8 Å². The Morgan fingerprint density at radius 2 is 1.39 bits per heavy atom. The molecule has 1 aliphatic heterocycles. The van der Waals surface area contributed by atoms with Crippen molar-refractivity contribution in [3.63, 3.8) is 0 Å². The molecule has 1 aromatic rings. The van der Waals surface area contributed by atoms with Gasteiger partial charge in [0.25, 0.3) is 0 Å². The molecular formula is C20H23ClO10. The van der Waals surface area contributed by atoms with E-state index in [-0.39, 0.29) is 17.4 Å². The van der Waals surface area contributed by atoms with Crippen molar-refractivity contribution in [2.24, 2.45) is 0 Å². The second kappa shape index (κ2) is 11.0. The normalized spacial score (nSPS) is 25.1. The minimum atomic E-state index is -1.33. The number of rotatable bonds is 7. The number of carbonyl (C=O) groups excluding carboxylic acids is 4. The first-order valence-electron chi connectivity index (χ1n) is 9.30. The first-order chi connectivity index (χ1) is 14.6. The molecular weight excluding hydrogens is 436 g/mol. The first kappa shape index (κ1) is 24.4. The molecule has 2 rings (SSSR count). The van der Waals surface area contributed by atoms with Gasteiger partial charge in [-0.1, -0.05) is 23.7 Å². The van der Waals surface area contributed by atoms with Crippen LogP contribution in [-0.4, -0.2) is 61.2 Å². The van der Waals surface area contributed by atoms with Crippen molar-refractivity contribution < 1.29 is 47.6 Å². The molecule has 1 heterocycles. The lowest BCUT2D eigenvalue weighted by atomic mass is 9.98. The molecule has 0 aromatic heterocycles. The van der Waals surface area contributed by atoms with Crippen LogP contribution < -0.4 is 4.74 Å². The van der Waals surface area contributed by atoms with Crippen molar-refractivity contribution in [3.05, 3.63) is 29.3 Å². The minimum absolute atomic E-state index is 0.199. The molecule has 170 valence electrons. The van der Waals surface area contributed by atoms with Crippen LogP contribution in [0.2, 0.25) is 5.02 Å². The molecule has 0 spiro atoms. The molecule has 0 aliphatic carbocycles. The number of carbonyl (C=O) groups is 4. The van der Waals surface area contributed by atoms with Gasteiger partial charge in [-0.2, -0.15) is 0 Å². The molecule has 0 saturated carbocycles. The zero-order valence-corrected chi connectivity index (χ0v) is 18.1. The van der Waals surface area contributed by atoms with Crippen LogP contribution >= 0.6 is 11.6 Å². The highest BCUT2D eigenvalue weighted by molar-refractivity contribution is 6.32. The van der Waals surface area contributed by atoms with Gasteiger partial charge in [0.05, 0.1) is 5.02 Å². The van der Waals surface area contributed by atoms with Crippen LogP contribution in [0.1, 0.15) is 27.7 Å². The molecule has 1 aliphatic rings. The van der Waals surface area contributed by atoms with Crippen LogP contribution in [0.15, 0.2) is 24.3 Å². The van der Waals surface area contributed by atoms with Crippen molar-refractivity contribution in [1.82, 2.24) is 0 Å². The number of esters is 4. The Kier molecular flexibility index (Phi) is 8.64. The van der Waals surface area contributed by atoms with E-state index >= 15 is 0 Å². The summed E-state index contributed by atoms with van der Waals surface area (Å²) in [4.78, 5) is 46.5. The van der Waals surface area contributed by atoms with Crippen molar-refractivity contribution in [1.29, 1.82) is 0 Å². The Bertz CT molecular complexity index is 826. The Labute approximate surface area is 183 Å². The van der Waals surface area contributed by atoms with Gasteiger partial charge in [-0.05, 0) is 12.1 Å². The van der Waals surface area contributed by atoms with Gasteiger partial charge in [0.1, 0.15) is 18.5 Å². The van der Waals surface area contributed by atoms with Gasteiger partial charge in [-0.25, -0.2) is 0 Å². The Balaban J connectivity index is 2.46. The summed E-state index contributed by atoms with van der Waals surface area (Å²) in [7, 11) is 0. The molecule has 1 aromatic carbocycles. The van der Waals surface area contributed by atoms with E-state index < -0.39 is 54.6 Å². The molecule has 0 N–H and O–H groups in total. The number of benzene rings is 1. The Morgan fingerprint density at radius 1 is 0.839 bits per heavy atom. The van der Waals surface area contributed by atoms with Crippen molar-refractivity contribution >= 4 is 35.5 Å². The largest absolute Gasteiger partial charge is 0.463 e. The lowest BCUT2D eigenvalue weighted by Gasteiger charge is -2.43. The van der Waals surface area contributed by atoms with E-state index in [1.165, 1.54) is 6.92 Å². The quantitative estimate of drug-likeness (QED) is 0.441. The average molecular weight is 459 g/mol. The second-order valence-corrected chi connectivity index (χ2v) is 7.02. The number of para-hydroxylation sites is 1. The van der Waals surface area contributed by atoms with Gasteiger partial charge >= 0.3 is 23.9 Å². The number of hydrogen-bond acceptors (Lipinski definition) is 10. The van der Waals surface area contributed by atoms with E-state index in [0.29, 0.717) is 0 Å². The summed E-state index contributed by atoms with van der Waals surface area (Å²) in [6.07, 6.45) is -6.32. The molecule has 10 nitrogen and oxygen atoms in total. The number of ether oxygens (including phenoxy) is 6. The molecule has 11 heteroatoms. The monoisotopic (exact) mass is 458 g/mol. The third kappa shape index (κ3) is 7.11. The van der Waals surface area contributed by atoms with Crippen LogP contribution in [0.5, 0.6) is 5.75 Å². The molecule has 5 atom stereocenters. The topological polar surface area (TPSA) is 124 Å². The first-order valence-corrected chi connectivity index (χ1v) is 9.68. The number of hydrogen-bond donors (Lipinski definition) is 0. The summed E-state index contributed by atoms with van der Waals surface area (Å²) in [6.45, 7) is 4.26. The van der Waals surface area contributed by atoms with Crippen molar-refractivity contribution in [3.8, 4) is 5.75 Å². The summed E-state index contributed by atoms with van der Waals surface area (Å²) >= 11 is 6.14. The molecule has 0 unspecified atom stereocenters. The predicted molar refractivity (Wildman–Crippen MR) is 104 cm³/mol. The highest BCUT2D eigenvalue weighted by Gasteiger charge is 2.53. The summed E-state index contributed by atoms with van der Waals surface area (Å²) in [5.41, 5.74) is 0. The maximum absolute atomic E-state index is 11.8. The fraction of sp³-hybridized carbons (Fsp3) is 0.500. The van der Waals surface area contributed by atoms with Crippen molar-refractivity contribution in [2.45, 2.75) is 58.4 Å². The molecule has 1 saturated heterocycles. The van der Waals surface area contributed by atoms with E-state index in [1.54, 1.807) is 24.3 Å². The Morgan fingerprint density at radius 3 is 1.94 bits per heavy atom. The second-order valence-electron chi connectivity index (χ2n) is 6.62. The predicted octanol–water partition coefficient (Wildman–Crippen LogP) is 1.80. The summed E-state index contributed by atoms with van der Waals surface area (Å²) in [5.74, 6) is -2.59. The lowest BCUT2D eigenvalue weighted by molar-refractivity contribution is -0.288. The smallest absolute Gasteiger partial charge is 0.303 e. The average Bonchev–Trinajstić information content (AvgIpc) is 2.65. The minimum Gasteiger partial charge on any atom is -0.463 e. The standard InChI is InChI=1S/C20H23ClO10/c1-10(22)26-9-16-17(27-11(2)23)18(28-12(3)24)19(29-13(4)25)20(31-16)30-15-8-6-5-7-14(15)21/h5-8,16-20H,9H2,1-4H3/t16-,17-,18+,19+,20-/m1/s1. The van der Waals surface area contributed by atoms with Crippen LogP contribution in [0.25, 0.3) is 0 Å². The van der Waals surface area contributed by atoms with Crippen LogP contribution in [0.3, 0.4) is 0 Å². The molecule has 0 radical (unpaired) electrons. The van der Waals surface area contributed by atoms with Crippen LogP contribution in [-0.2, 0) is 42.9 Å². The Hall–Kier alpha value is -2.85. The summed E-state index contributed by atoms with van der Waals surface area (Å²) < 4.78 is 32.5. The van der Waals surface area contributed by atoms with Gasteiger partial charge in [-0.3, -0.25) is 19.2 Å². The fourth-order valence-corrected chi connectivity index (χ4v) is 3.13. The SMILES string of the molecule is CC(=O)OC[C@H]1O[C@@H](Oc2ccccc2Cl)[C@@H](OC(C)=O)[C@@H](OC(C)=O)[C@@H]1OC(C)=O. The molecule has 31 heavy (non-hydrogen) atoms. The lowest BCUT2D eigenvalue weighted by Crippen LogP contribution is -2.63. The van der Waals surface area contributed by atoms with Gasteiger partial charge in [0.2, 0.25) is 12.4 Å². The van der Waals surface area contributed by atoms with E-state index in [2.05, 4.69) is 0 Å². The summed E-state index contributed by atoms with van der Waals surface area (Å²) in [5, 5.41) is 0.246. The van der Waals surface area contributed by atoms with Crippen LogP contribution in [0.4, 0.5) is 0 Å². The highest BCUT2D eigenvalue weighted by Crippen LogP contribution is 2.33.